The Kier molecular flexibility index (Phi) is 5.99. The predicted molar refractivity (Wildman–Crippen MR) is 96.0 cm³/mol. The molecule has 0 aliphatic rings. The van der Waals surface area contributed by atoms with Gasteiger partial charge in [0.1, 0.15) is 0 Å². The Labute approximate surface area is 151 Å². The molecule has 7 nitrogen and oxygen atoms in total. The van der Waals surface area contributed by atoms with Crippen LogP contribution >= 0.6 is 11.6 Å². The Morgan fingerprint density at radius 2 is 1.64 bits per heavy atom. The number of halogens is 1. The zero-order valence-corrected chi connectivity index (χ0v) is 15.6. The second-order valence-electron chi connectivity index (χ2n) is 5.04. The average Bonchev–Trinajstić information content (AvgIpc) is 2.61. The first kappa shape index (κ1) is 19.2. The molecule has 2 aromatic rings. The number of hydrogen-bond acceptors (Lipinski definition) is 6. The largest absolute Gasteiger partial charge is 0.493 e. The van der Waals surface area contributed by atoms with Crippen molar-refractivity contribution in [1.29, 1.82) is 0 Å². The van der Waals surface area contributed by atoms with Crippen molar-refractivity contribution in [3.8, 4) is 17.2 Å². The van der Waals surface area contributed by atoms with Crippen molar-refractivity contribution in [3.05, 3.63) is 40.9 Å². The summed E-state index contributed by atoms with van der Waals surface area (Å²) in [5.74, 6) is 1.31. The van der Waals surface area contributed by atoms with E-state index in [1.165, 1.54) is 39.5 Å². The third kappa shape index (κ3) is 4.28. The van der Waals surface area contributed by atoms with Crippen LogP contribution in [-0.2, 0) is 16.6 Å². The normalized spacial score (nSPS) is 11.2. The summed E-state index contributed by atoms with van der Waals surface area (Å²) in [5, 5.41) is 0.177. The third-order valence-electron chi connectivity index (χ3n) is 3.47. The van der Waals surface area contributed by atoms with Gasteiger partial charge < -0.3 is 19.9 Å². The van der Waals surface area contributed by atoms with E-state index in [2.05, 4.69) is 4.72 Å². The second-order valence-corrected chi connectivity index (χ2v) is 7.22. The predicted octanol–water partition coefficient (Wildman–Crippen LogP) is 2.43. The molecule has 0 fully saturated rings. The van der Waals surface area contributed by atoms with Crippen LogP contribution in [-0.4, -0.2) is 29.7 Å². The zero-order chi connectivity index (χ0) is 18.6. The molecule has 136 valence electrons. The quantitative estimate of drug-likeness (QED) is 0.709. The molecule has 0 aromatic heterocycles. The van der Waals surface area contributed by atoms with E-state index in [0.717, 1.165) is 0 Å². The first-order chi connectivity index (χ1) is 11.8. The van der Waals surface area contributed by atoms with Gasteiger partial charge in [0, 0.05) is 6.54 Å². The summed E-state index contributed by atoms with van der Waals surface area (Å²) in [6.45, 7) is 0.0288. The van der Waals surface area contributed by atoms with Gasteiger partial charge in [0.25, 0.3) is 0 Å². The van der Waals surface area contributed by atoms with Crippen molar-refractivity contribution in [1.82, 2.24) is 4.72 Å². The molecule has 2 aromatic carbocycles. The van der Waals surface area contributed by atoms with Gasteiger partial charge in [-0.1, -0.05) is 11.6 Å². The minimum atomic E-state index is -3.76. The van der Waals surface area contributed by atoms with Crippen molar-refractivity contribution in [2.45, 2.75) is 11.4 Å². The molecule has 2 rings (SSSR count). The minimum Gasteiger partial charge on any atom is -0.493 e. The number of nitrogen functional groups attached to an aromatic ring is 1. The van der Waals surface area contributed by atoms with Crippen molar-refractivity contribution >= 4 is 27.3 Å². The van der Waals surface area contributed by atoms with E-state index < -0.39 is 10.0 Å². The molecule has 0 unspecified atom stereocenters. The first-order valence-electron chi connectivity index (χ1n) is 7.16. The number of rotatable bonds is 7. The van der Waals surface area contributed by atoms with Gasteiger partial charge in [-0.3, -0.25) is 0 Å². The Morgan fingerprint density at radius 1 is 1.04 bits per heavy atom. The standard InChI is InChI=1S/C16H19ClN2O5S/c1-22-14-6-10(7-15(23-2)16(14)24-3)9-19-25(20,21)11-4-5-13(18)12(17)8-11/h4-8,19H,9,18H2,1-3H3. The highest BCUT2D eigenvalue weighted by Crippen LogP contribution is 2.38. The minimum absolute atomic E-state index is 0.0270. The second kappa shape index (κ2) is 7.81. The van der Waals surface area contributed by atoms with Crippen LogP contribution in [0.4, 0.5) is 5.69 Å². The Morgan fingerprint density at radius 3 is 2.12 bits per heavy atom. The topological polar surface area (TPSA) is 99.9 Å². The van der Waals surface area contributed by atoms with Gasteiger partial charge in [-0.2, -0.15) is 0 Å². The van der Waals surface area contributed by atoms with Gasteiger partial charge in [0.05, 0.1) is 36.9 Å². The molecule has 0 saturated carbocycles. The van der Waals surface area contributed by atoms with Gasteiger partial charge >= 0.3 is 0 Å². The SMILES string of the molecule is COc1cc(CNS(=O)(=O)c2ccc(N)c(Cl)c2)cc(OC)c1OC. The molecule has 0 bridgehead atoms. The molecule has 0 atom stereocenters. The molecule has 0 aliphatic heterocycles. The molecule has 0 spiro atoms. The van der Waals surface area contributed by atoms with Crippen LogP contribution in [0.3, 0.4) is 0 Å². The summed E-state index contributed by atoms with van der Waals surface area (Å²) in [6, 6.07) is 7.46. The zero-order valence-electron chi connectivity index (χ0n) is 14.0. The lowest BCUT2D eigenvalue weighted by Crippen LogP contribution is -2.23. The lowest BCUT2D eigenvalue weighted by molar-refractivity contribution is 0.323. The smallest absolute Gasteiger partial charge is 0.240 e. The molecule has 0 aliphatic carbocycles. The van der Waals surface area contributed by atoms with Crippen LogP contribution in [0.15, 0.2) is 35.2 Å². The maximum Gasteiger partial charge on any atom is 0.240 e. The summed E-state index contributed by atoms with van der Waals surface area (Å²) in [7, 11) is 0.714. The van der Waals surface area contributed by atoms with E-state index in [-0.39, 0.29) is 16.5 Å². The highest BCUT2D eigenvalue weighted by atomic mass is 35.5. The molecule has 25 heavy (non-hydrogen) atoms. The van der Waals surface area contributed by atoms with Crippen LogP contribution in [0, 0.1) is 0 Å². The molecular formula is C16H19ClN2O5S. The number of ether oxygens (including phenoxy) is 3. The maximum absolute atomic E-state index is 12.4. The molecule has 9 heteroatoms. The van der Waals surface area contributed by atoms with Crippen molar-refractivity contribution in [2.24, 2.45) is 0 Å². The Balaban J connectivity index is 2.26. The summed E-state index contributed by atoms with van der Waals surface area (Å²) in [5.41, 5.74) is 6.55. The van der Waals surface area contributed by atoms with E-state index in [4.69, 9.17) is 31.5 Å². The third-order valence-corrected chi connectivity index (χ3v) is 5.20. The number of methoxy groups -OCH3 is 3. The van der Waals surface area contributed by atoms with Gasteiger partial charge in [-0.05, 0) is 35.9 Å². The molecule has 0 saturated heterocycles. The van der Waals surface area contributed by atoms with Crippen LogP contribution in [0.1, 0.15) is 5.56 Å². The fourth-order valence-electron chi connectivity index (χ4n) is 2.17. The van der Waals surface area contributed by atoms with E-state index in [0.29, 0.717) is 28.5 Å². The number of sulfonamides is 1. The number of benzene rings is 2. The number of hydrogen-bond donors (Lipinski definition) is 2. The lowest BCUT2D eigenvalue weighted by Gasteiger charge is -2.14. The van der Waals surface area contributed by atoms with Gasteiger partial charge in [-0.25, -0.2) is 13.1 Å². The molecule has 0 heterocycles. The Bertz CT molecular complexity index is 846. The average molecular weight is 387 g/mol. The molecule has 0 amide bonds. The number of nitrogens with one attached hydrogen (secondary N) is 1. The van der Waals surface area contributed by atoms with Crippen molar-refractivity contribution in [2.75, 3.05) is 27.1 Å². The van der Waals surface area contributed by atoms with Crippen LogP contribution in [0.25, 0.3) is 0 Å². The number of anilines is 1. The highest BCUT2D eigenvalue weighted by molar-refractivity contribution is 7.89. The first-order valence-corrected chi connectivity index (χ1v) is 9.02. The fourth-order valence-corrected chi connectivity index (χ4v) is 3.46. The van der Waals surface area contributed by atoms with Crippen LogP contribution in [0.2, 0.25) is 5.02 Å². The molecule has 3 N–H and O–H groups in total. The molecule has 0 radical (unpaired) electrons. The lowest BCUT2D eigenvalue weighted by atomic mass is 10.2. The maximum atomic E-state index is 12.4. The summed E-state index contributed by atoms with van der Waals surface area (Å²) < 4.78 is 43.0. The van der Waals surface area contributed by atoms with Crippen molar-refractivity contribution < 1.29 is 22.6 Å². The monoisotopic (exact) mass is 386 g/mol. The Hall–Kier alpha value is -2.16. The summed E-state index contributed by atoms with van der Waals surface area (Å²) in [4.78, 5) is 0.0270. The van der Waals surface area contributed by atoms with Gasteiger partial charge in [0.15, 0.2) is 11.5 Å². The molecular weight excluding hydrogens is 368 g/mol. The van der Waals surface area contributed by atoms with Crippen LogP contribution < -0.4 is 24.7 Å². The van der Waals surface area contributed by atoms with Gasteiger partial charge in [0.2, 0.25) is 15.8 Å². The van der Waals surface area contributed by atoms with Gasteiger partial charge in [-0.15, -0.1) is 0 Å². The fraction of sp³-hybridized carbons (Fsp3) is 0.250. The van der Waals surface area contributed by atoms with E-state index in [9.17, 15) is 8.42 Å². The van der Waals surface area contributed by atoms with E-state index >= 15 is 0 Å². The van der Waals surface area contributed by atoms with Crippen LogP contribution in [0.5, 0.6) is 17.2 Å². The van der Waals surface area contributed by atoms with Crippen molar-refractivity contribution in [3.63, 3.8) is 0 Å². The summed E-state index contributed by atoms with van der Waals surface area (Å²) in [6.07, 6.45) is 0. The summed E-state index contributed by atoms with van der Waals surface area (Å²) >= 11 is 5.89. The number of nitrogens with two attached hydrogens (primary N) is 1. The highest BCUT2D eigenvalue weighted by Gasteiger charge is 2.17. The van der Waals surface area contributed by atoms with E-state index in [1.54, 1.807) is 12.1 Å². The van der Waals surface area contributed by atoms with E-state index in [1.807, 2.05) is 0 Å².